The Kier molecular flexibility index (Phi) is 5.72. The number of nitrogens with zero attached hydrogens (tertiary/aromatic N) is 4. The molecule has 1 saturated heterocycles. The number of amides is 1. The van der Waals surface area contributed by atoms with Gasteiger partial charge in [0, 0.05) is 19.6 Å². The zero-order chi connectivity index (χ0) is 17.6. The number of nitrogens with one attached hydrogen (secondary N) is 1. The average molecular weight is 347 g/mol. The highest BCUT2D eigenvalue weighted by atomic mass is 19.1. The van der Waals surface area contributed by atoms with Crippen molar-refractivity contribution in [2.75, 3.05) is 39.4 Å². The van der Waals surface area contributed by atoms with Crippen molar-refractivity contribution in [2.24, 2.45) is 0 Å². The molecule has 1 amide bonds. The molecule has 0 aliphatic carbocycles. The lowest BCUT2D eigenvalue weighted by Gasteiger charge is -2.26. The van der Waals surface area contributed by atoms with Gasteiger partial charge in [0.1, 0.15) is 11.6 Å². The number of aromatic nitrogens is 3. The Balaban J connectivity index is 1.52. The van der Waals surface area contributed by atoms with Crippen LogP contribution in [0.4, 0.5) is 4.39 Å². The summed E-state index contributed by atoms with van der Waals surface area (Å²) in [6, 6.07) is 5.89. The number of morpholine rings is 1. The molecule has 0 atom stereocenters. The number of hydrogen-bond acceptors (Lipinski definition) is 5. The summed E-state index contributed by atoms with van der Waals surface area (Å²) in [7, 11) is 0. The number of rotatable bonds is 6. The normalized spacial score (nSPS) is 15.3. The molecule has 0 spiro atoms. The number of carbonyl (C=O) groups is 1. The number of aryl methyl sites for hydroxylation is 1. The summed E-state index contributed by atoms with van der Waals surface area (Å²) < 4.78 is 19.9. The number of hydrogen-bond donors (Lipinski definition) is 1. The van der Waals surface area contributed by atoms with Crippen LogP contribution in [-0.4, -0.2) is 65.0 Å². The first-order chi connectivity index (χ1) is 12.1. The highest BCUT2D eigenvalue weighted by molar-refractivity contribution is 5.90. The maximum Gasteiger partial charge on any atom is 0.290 e. The van der Waals surface area contributed by atoms with Crippen LogP contribution >= 0.6 is 0 Å². The number of ether oxygens (including phenoxy) is 1. The molecule has 0 radical (unpaired) electrons. The van der Waals surface area contributed by atoms with Gasteiger partial charge in [-0.2, -0.15) is 0 Å². The van der Waals surface area contributed by atoms with Gasteiger partial charge in [-0.15, -0.1) is 5.10 Å². The van der Waals surface area contributed by atoms with E-state index in [-0.39, 0.29) is 17.5 Å². The second-order valence-corrected chi connectivity index (χ2v) is 5.93. The SMILES string of the molecule is Cc1nc(C(=O)NCCCN2CCOCC2)nn1-c1ccc(F)cc1. The molecule has 2 aromatic rings. The van der Waals surface area contributed by atoms with Crippen LogP contribution in [-0.2, 0) is 4.74 Å². The van der Waals surface area contributed by atoms with Crippen molar-refractivity contribution in [3.63, 3.8) is 0 Å². The molecular formula is C17H22FN5O2. The third-order valence-electron chi connectivity index (χ3n) is 4.08. The Hall–Kier alpha value is -2.32. The lowest BCUT2D eigenvalue weighted by atomic mass is 10.3. The molecule has 3 rings (SSSR count). The molecule has 1 aromatic heterocycles. The molecular weight excluding hydrogens is 325 g/mol. The Morgan fingerprint density at radius 2 is 2.00 bits per heavy atom. The maximum absolute atomic E-state index is 13.0. The van der Waals surface area contributed by atoms with Crippen LogP contribution in [0.3, 0.4) is 0 Å². The molecule has 7 nitrogen and oxygen atoms in total. The van der Waals surface area contributed by atoms with Crippen LogP contribution in [0.5, 0.6) is 0 Å². The van der Waals surface area contributed by atoms with Gasteiger partial charge in [-0.25, -0.2) is 14.1 Å². The van der Waals surface area contributed by atoms with E-state index in [1.807, 2.05) is 0 Å². The van der Waals surface area contributed by atoms with Crippen molar-refractivity contribution >= 4 is 5.91 Å². The predicted molar refractivity (Wildman–Crippen MR) is 90.3 cm³/mol. The van der Waals surface area contributed by atoms with E-state index in [1.54, 1.807) is 19.1 Å². The minimum absolute atomic E-state index is 0.119. The highest BCUT2D eigenvalue weighted by Gasteiger charge is 2.15. The van der Waals surface area contributed by atoms with Crippen LogP contribution in [0.15, 0.2) is 24.3 Å². The predicted octanol–water partition coefficient (Wildman–Crippen LogP) is 1.17. The number of halogens is 1. The zero-order valence-corrected chi connectivity index (χ0v) is 14.2. The van der Waals surface area contributed by atoms with Gasteiger partial charge in [-0.05, 0) is 44.2 Å². The summed E-state index contributed by atoms with van der Waals surface area (Å²) in [5, 5.41) is 7.07. The molecule has 1 aliphatic rings. The molecule has 1 aliphatic heterocycles. The van der Waals surface area contributed by atoms with E-state index < -0.39 is 0 Å². The summed E-state index contributed by atoms with van der Waals surface area (Å²) >= 11 is 0. The topological polar surface area (TPSA) is 72.3 Å². The molecule has 25 heavy (non-hydrogen) atoms. The summed E-state index contributed by atoms with van der Waals surface area (Å²) in [5.41, 5.74) is 0.665. The van der Waals surface area contributed by atoms with Gasteiger partial charge in [0.15, 0.2) is 0 Å². The third-order valence-corrected chi connectivity index (χ3v) is 4.08. The average Bonchev–Trinajstić information content (AvgIpc) is 3.02. The summed E-state index contributed by atoms with van der Waals surface area (Å²) in [6.07, 6.45) is 0.864. The van der Waals surface area contributed by atoms with Crippen molar-refractivity contribution in [1.82, 2.24) is 25.0 Å². The molecule has 1 aromatic carbocycles. The van der Waals surface area contributed by atoms with E-state index in [9.17, 15) is 9.18 Å². The molecule has 0 bridgehead atoms. The van der Waals surface area contributed by atoms with Gasteiger partial charge in [-0.1, -0.05) is 0 Å². The molecule has 0 saturated carbocycles. The largest absolute Gasteiger partial charge is 0.379 e. The van der Waals surface area contributed by atoms with E-state index in [4.69, 9.17) is 4.74 Å². The zero-order valence-electron chi connectivity index (χ0n) is 14.2. The van der Waals surface area contributed by atoms with E-state index >= 15 is 0 Å². The van der Waals surface area contributed by atoms with Crippen molar-refractivity contribution in [3.8, 4) is 5.69 Å². The third kappa shape index (κ3) is 4.61. The van der Waals surface area contributed by atoms with Crippen LogP contribution in [0.2, 0.25) is 0 Å². The fourth-order valence-corrected chi connectivity index (χ4v) is 2.72. The first-order valence-electron chi connectivity index (χ1n) is 8.41. The standard InChI is InChI=1S/C17H22FN5O2/c1-13-20-16(21-23(13)15-5-3-14(18)4-6-15)17(24)19-7-2-8-22-9-11-25-12-10-22/h3-6H,2,7-12H2,1H3,(H,19,24). The van der Waals surface area contributed by atoms with Crippen LogP contribution in [0, 0.1) is 12.7 Å². The monoisotopic (exact) mass is 347 g/mol. The molecule has 8 heteroatoms. The van der Waals surface area contributed by atoms with Crippen molar-refractivity contribution in [2.45, 2.75) is 13.3 Å². The van der Waals surface area contributed by atoms with E-state index in [0.29, 0.717) is 18.1 Å². The summed E-state index contributed by atoms with van der Waals surface area (Å²) in [6.45, 7) is 6.69. The minimum atomic E-state index is -0.320. The fourth-order valence-electron chi connectivity index (χ4n) is 2.72. The van der Waals surface area contributed by atoms with Crippen molar-refractivity contribution < 1.29 is 13.9 Å². The first-order valence-corrected chi connectivity index (χ1v) is 8.41. The quantitative estimate of drug-likeness (QED) is 0.794. The molecule has 134 valence electrons. The van der Waals surface area contributed by atoms with Gasteiger partial charge in [0.25, 0.3) is 5.91 Å². The van der Waals surface area contributed by atoms with Crippen molar-refractivity contribution in [3.05, 3.63) is 41.7 Å². The second-order valence-electron chi connectivity index (χ2n) is 5.93. The second kappa shape index (κ2) is 8.17. The van der Waals surface area contributed by atoms with E-state index in [1.165, 1.54) is 16.8 Å². The Morgan fingerprint density at radius 3 is 2.72 bits per heavy atom. The van der Waals surface area contributed by atoms with Crippen LogP contribution < -0.4 is 5.32 Å². The number of carbonyl (C=O) groups excluding carboxylic acids is 1. The van der Waals surface area contributed by atoms with Crippen molar-refractivity contribution in [1.29, 1.82) is 0 Å². The summed E-state index contributed by atoms with van der Waals surface area (Å²) in [4.78, 5) is 18.7. The van der Waals surface area contributed by atoms with Crippen LogP contribution in [0.1, 0.15) is 22.9 Å². The van der Waals surface area contributed by atoms with E-state index in [0.717, 1.165) is 39.3 Å². The highest BCUT2D eigenvalue weighted by Crippen LogP contribution is 2.10. The number of benzene rings is 1. The van der Waals surface area contributed by atoms with Crippen LogP contribution in [0.25, 0.3) is 5.69 Å². The fraction of sp³-hybridized carbons (Fsp3) is 0.471. The summed E-state index contributed by atoms with van der Waals surface area (Å²) in [5.74, 6) is 0.0731. The Labute approximate surface area is 145 Å². The lowest BCUT2D eigenvalue weighted by molar-refractivity contribution is 0.0374. The molecule has 1 N–H and O–H groups in total. The van der Waals surface area contributed by atoms with Gasteiger partial charge >= 0.3 is 0 Å². The minimum Gasteiger partial charge on any atom is -0.379 e. The Bertz CT molecular complexity index is 710. The van der Waals surface area contributed by atoms with E-state index in [2.05, 4.69) is 20.3 Å². The first kappa shape index (κ1) is 17.5. The molecule has 0 unspecified atom stereocenters. The lowest BCUT2D eigenvalue weighted by Crippen LogP contribution is -2.38. The molecule has 2 heterocycles. The van der Waals surface area contributed by atoms with Gasteiger partial charge in [0.2, 0.25) is 5.82 Å². The maximum atomic E-state index is 13.0. The van der Waals surface area contributed by atoms with Gasteiger partial charge in [-0.3, -0.25) is 9.69 Å². The Morgan fingerprint density at radius 1 is 1.28 bits per heavy atom. The van der Waals surface area contributed by atoms with Gasteiger partial charge < -0.3 is 10.1 Å². The molecule has 1 fully saturated rings. The van der Waals surface area contributed by atoms with Gasteiger partial charge in [0.05, 0.1) is 18.9 Å². The smallest absolute Gasteiger partial charge is 0.290 e.